The number of rotatable bonds is 6. The lowest BCUT2D eigenvalue weighted by Crippen LogP contribution is -2.02. The van der Waals surface area contributed by atoms with Crippen molar-refractivity contribution in [2.24, 2.45) is 0 Å². The molecule has 0 radical (unpaired) electrons. The van der Waals surface area contributed by atoms with Crippen LogP contribution in [0.4, 0.5) is 11.8 Å². The fourth-order valence-electron chi connectivity index (χ4n) is 3.60. The molecule has 1 fully saturated rings. The number of anilines is 2. The van der Waals surface area contributed by atoms with Crippen molar-refractivity contribution in [3.05, 3.63) is 84.8 Å². The zero-order valence-electron chi connectivity index (χ0n) is 16.7. The van der Waals surface area contributed by atoms with Gasteiger partial charge >= 0.3 is 0 Å². The number of aromatic amines is 1. The van der Waals surface area contributed by atoms with Crippen LogP contribution in [0.3, 0.4) is 0 Å². The van der Waals surface area contributed by atoms with E-state index in [0.29, 0.717) is 11.9 Å². The normalized spacial score (nSPS) is 13.4. The van der Waals surface area contributed by atoms with Gasteiger partial charge in [-0.2, -0.15) is 5.10 Å². The Morgan fingerprint density at radius 2 is 1.77 bits per heavy atom. The summed E-state index contributed by atoms with van der Waals surface area (Å²) in [6, 6.07) is 21.7. The van der Waals surface area contributed by atoms with Gasteiger partial charge in [0.1, 0.15) is 17.1 Å². The summed E-state index contributed by atoms with van der Waals surface area (Å²) in [7, 11) is 0. The molecule has 1 aliphatic carbocycles. The van der Waals surface area contributed by atoms with Crippen molar-refractivity contribution in [3.8, 4) is 22.8 Å². The summed E-state index contributed by atoms with van der Waals surface area (Å²) in [5, 5.41) is 10.8. The maximum Gasteiger partial charge on any atom is 0.214 e. The first-order valence-electron chi connectivity index (χ1n) is 10.3. The molecule has 7 nitrogen and oxygen atoms in total. The first-order valence-corrected chi connectivity index (χ1v) is 10.3. The maximum absolute atomic E-state index is 5.90. The summed E-state index contributed by atoms with van der Waals surface area (Å²) in [4.78, 5) is 9.29. The number of aromatic nitrogens is 5. The number of para-hydroxylation sites is 1. The zero-order valence-corrected chi connectivity index (χ0v) is 16.7. The Balaban J connectivity index is 1.30. The van der Waals surface area contributed by atoms with Gasteiger partial charge in [-0.15, -0.1) is 0 Å². The van der Waals surface area contributed by atoms with Gasteiger partial charge < -0.3 is 10.1 Å². The first kappa shape index (κ1) is 17.7. The molecule has 1 aliphatic rings. The highest BCUT2D eigenvalue weighted by Gasteiger charge is 2.25. The average molecular weight is 408 g/mol. The van der Waals surface area contributed by atoms with Crippen LogP contribution < -0.4 is 10.1 Å². The number of ether oxygens (including phenoxy) is 1. The summed E-state index contributed by atoms with van der Waals surface area (Å²) in [5.74, 6) is 3.63. The Bertz CT molecular complexity index is 1340. The van der Waals surface area contributed by atoms with Gasteiger partial charge in [0.15, 0.2) is 5.82 Å². The standard InChI is InChI=1S/C24H20N6O/c1-2-4-18(5-3-1)31-19-10-8-16(9-11-19)20-15-23-25-12-13-30(23)24(26-20)27-22-14-21(28-29-22)17-6-7-17/h1-5,8-15,17H,6-7H2,(H2,26,27,28,29). The van der Waals surface area contributed by atoms with Crippen LogP contribution in [0.1, 0.15) is 24.5 Å². The van der Waals surface area contributed by atoms with E-state index in [1.807, 2.05) is 71.3 Å². The van der Waals surface area contributed by atoms with Crippen molar-refractivity contribution >= 4 is 17.4 Å². The molecule has 6 rings (SSSR count). The molecule has 0 atom stereocenters. The molecular formula is C24H20N6O. The van der Waals surface area contributed by atoms with Crippen LogP contribution in [0.5, 0.6) is 11.5 Å². The monoisotopic (exact) mass is 408 g/mol. The van der Waals surface area contributed by atoms with Gasteiger partial charge in [0.2, 0.25) is 5.95 Å². The highest BCUT2D eigenvalue weighted by molar-refractivity contribution is 5.68. The quantitative estimate of drug-likeness (QED) is 0.386. The molecule has 152 valence electrons. The zero-order chi connectivity index (χ0) is 20.6. The molecule has 0 unspecified atom stereocenters. The number of hydrogen-bond donors (Lipinski definition) is 2. The topological polar surface area (TPSA) is 80.1 Å². The molecule has 2 N–H and O–H groups in total. The number of imidazole rings is 1. The number of nitrogens with one attached hydrogen (secondary N) is 2. The molecule has 0 spiro atoms. The van der Waals surface area contributed by atoms with Gasteiger partial charge in [-0.25, -0.2) is 9.97 Å². The van der Waals surface area contributed by atoms with E-state index in [1.54, 1.807) is 6.20 Å². The van der Waals surface area contributed by atoms with E-state index in [-0.39, 0.29) is 0 Å². The lowest BCUT2D eigenvalue weighted by Gasteiger charge is -2.10. The van der Waals surface area contributed by atoms with Crippen molar-refractivity contribution in [3.63, 3.8) is 0 Å². The third kappa shape index (κ3) is 3.61. The maximum atomic E-state index is 5.90. The van der Waals surface area contributed by atoms with E-state index in [9.17, 15) is 0 Å². The minimum absolute atomic E-state index is 0.618. The number of H-pyrrole nitrogens is 1. The van der Waals surface area contributed by atoms with Crippen LogP contribution in [0.25, 0.3) is 16.9 Å². The Labute approximate surface area is 178 Å². The molecule has 0 aliphatic heterocycles. The predicted octanol–water partition coefficient (Wildman–Crippen LogP) is 5.53. The second-order valence-electron chi connectivity index (χ2n) is 7.67. The summed E-state index contributed by atoms with van der Waals surface area (Å²) in [6.07, 6.45) is 6.11. The molecule has 2 aromatic carbocycles. The molecule has 7 heteroatoms. The Morgan fingerprint density at radius 1 is 0.968 bits per heavy atom. The van der Waals surface area contributed by atoms with Crippen LogP contribution in [0.15, 0.2) is 79.1 Å². The minimum Gasteiger partial charge on any atom is -0.457 e. The van der Waals surface area contributed by atoms with Crippen molar-refractivity contribution in [2.75, 3.05) is 5.32 Å². The number of benzene rings is 2. The summed E-state index contributed by atoms with van der Waals surface area (Å²) in [5.41, 5.74) is 3.80. The predicted molar refractivity (Wildman–Crippen MR) is 119 cm³/mol. The van der Waals surface area contributed by atoms with Crippen molar-refractivity contribution in [2.45, 2.75) is 18.8 Å². The molecular weight excluding hydrogens is 388 g/mol. The SMILES string of the molecule is c1ccc(Oc2ccc(-c3cc4nccn4c(Nc4cc(C5CC5)[nH]n4)n3)cc2)cc1. The number of nitrogens with zero attached hydrogens (tertiary/aromatic N) is 4. The van der Waals surface area contributed by atoms with Crippen LogP contribution in [0, 0.1) is 0 Å². The third-order valence-electron chi connectivity index (χ3n) is 5.37. The van der Waals surface area contributed by atoms with Gasteiger partial charge in [0, 0.05) is 41.7 Å². The van der Waals surface area contributed by atoms with E-state index < -0.39 is 0 Å². The molecule has 1 saturated carbocycles. The molecule has 3 heterocycles. The van der Waals surface area contributed by atoms with E-state index in [1.165, 1.54) is 18.5 Å². The highest BCUT2D eigenvalue weighted by Crippen LogP contribution is 2.39. The van der Waals surface area contributed by atoms with Crippen molar-refractivity contribution < 1.29 is 4.74 Å². The van der Waals surface area contributed by atoms with E-state index >= 15 is 0 Å². The lowest BCUT2D eigenvalue weighted by molar-refractivity contribution is 0.483. The van der Waals surface area contributed by atoms with Crippen LogP contribution in [-0.4, -0.2) is 24.6 Å². The second kappa shape index (κ2) is 7.28. The van der Waals surface area contributed by atoms with Gasteiger partial charge in [-0.3, -0.25) is 9.50 Å². The third-order valence-corrected chi connectivity index (χ3v) is 5.37. The Morgan fingerprint density at radius 3 is 2.58 bits per heavy atom. The van der Waals surface area contributed by atoms with Gasteiger partial charge in [0.05, 0.1) is 5.69 Å². The Hall–Kier alpha value is -4.13. The van der Waals surface area contributed by atoms with E-state index in [0.717, 1.165) is 34.2 Å². The van der Waals surface area contributed by atoms with Crippen LogP contribution in [0.2, 0.25) is 0 Å². The molecule has 0 bridgehead atoms. The second-order valence-corrected chi connectivity index (χ2v) is 7.67. The summed E-state index contributed by atoms with van der Waals surface area (Å²) in [6.45, 7) is 0. The Kier molecular flexibility index (Phi) is 4.16. The molecule has 3 aromatic heterocycles. The average Bonchev–Trinajstić information content (AvgIpc) is 3.35. The van der Waals surface area contributed by atoms with Crippen LogP contribution in [-0.2, 0) is 0 Å². The smallest absolute Gasteiger partial charge is 0.214 e. The molecule has 0 saturated heterocycles. The number of fused-ring (bicyclic) bond motifs is 1. The van der Waals surface area contributed by atoms with Gasteiger partial charge in [-0.05, 0) is 49.2 Å². The van der Waals surface area contributed by atoms with Gasteiger partial charge in [0.25, 0.3) is 0 Å². The van der Waals surface area contributed by atoms with Crippen LogP contribution >= 0.6 is 0 Å². The molecule has 0 amide bonds. The lowest BCUT2D eigenvalue weighted by atomic mass is 10.1. The number of hydrogen-bond acceptors (Lipinski definition) is 5. The minimum atomic E-state index is 0.618. The first-order chi connectivity index (χ1) is 15.3. The van der Waals surface area contributed by atoms with Gasteiger partial charge in [-0.1, -0.05) is 18.2 Å². The highest BCUT2D eigenvalue weighted by atomic mass is 16.5. The summed E-state index contributed by atoms with van der Waals surface area (Å²) < 4.78 is 7.81. The van der Waals surface area contributed by atoms with E-state index in [4.69, 9.17) is 9.72 Å². The summed E-state index contributed by atoms with van der Waals surface area (Å²) >= 11 is 0. The fourth-order valence-corrected chi connectivity index (χ4v) is 3.60. The molecule has 31 heavy (non-hydrogen) atoms. The van der Waals surface area contributed by atoms with Crippen molar-refractivity contribution in [1.29, 1.82) is 0 Å². The largest absolute Gasteiger partial charge is 0.457 e. The van der Waals surface area contributed by atoms with E-state index in [2.05, 4.69) is 26.6 Å². The van der Waals surface area contributed by atoms with Crippen molar-refractivity contribution in [1.82, 2.24) is 24.6 Å². The molecule has 5 aromatic rings. The fraction of sp³-hybridized carbons (Fsp3) is 0.125.